The molecule has 46 heavy (non-hydrogen) atoms. The SMILES string of the molecule is COP(=O)(OC)c1[nH]nc(C(=O)c2ccccc2)c1-c1ccc(-c2cn(C[C@H]3O[C@@H](n4cc(C)c(=O)[nH]c4=O)C[C@@H]3O)nn2)cc1. The van der Waals surface area contributed by atoms with Crippen LogP contribution in [0.25, 0.3) is 22.4 Å². The highest BCUT2D eigenvalue weighted by atomic mass is 31.2. The van der Waals surface area contributed by atoms with Crippen molar-refractivity contribution in [2.24, 2.45) is 0 Å². The van der Waals surface area contributed by atoms with Gasteiger partial charge in [0.05, 0.1) is 18.8 Å². The molecule has 3 N–H and O–H groups in total. The van der Waals surface area contributed by atoms with Crippen LogP contribution in [0.1, 0.15) is 34.3 Å². The average molecular weight is 648 g/mol. The predicted octanol–water partition coefficient (Wildman–Crippen LogP) is 2.18. The van der Waals surface area contributed by atoms with E-state index in [0.717, 1.165) is 0 Å². The summed E-state index contributed by atoms with van der Waals surface area (Å²) in [5.41, 5.74) is 1.80. The summed E-state index contributed by atoms with van der Waals surface area (Å²) in [4.78, 5) is 39.7. The summed E-state index contributed by atoms with van der Waals surface area (Å²) in [6, 6.07) is 15.6. The lowest BCUT2D eigenvalue weighted by Gasteiger charge is -2.16. The van der Waals surface area contributed by atoms with Crippen LogP contribution >= 0.6 is 7.60 Å². The lowest BCUT2D eigenvalue weighted by Crippen LogP contribution is -2.33. The number of hydrogen-bond acceptors (Lipinski definition) is 11. The van der Waals surface area contributed by atoms with Gasteiger partial charge in [0.2, 0.25) is 5.78 Å². The first-order valence-corrected chi connectivity index (χ1v) is 15.7. The number of carbonyl (C=O) groups excluding carboxylic acids is 1. The van der Waals surface area contributed by atoms with E-state index in [1.165, 1.54) is 29.7 Å². The van der Waals surface area contributed by atoms with Crippen molar-refractivity contribution in [3.05, 3.63) is 105 Å². The van der Waals surface area contributed by atoms with Crippen molar-refractivity contribution in [1.29, 1.82) is 0 Å². The molecular weight excluding hydrogens is 617 g/mol. The summed E-state index contributed by atoms with van der Waals surface area (Å²) in [6.07, 6.45) is 0.933. The molecule has 3 atom stereocenters. The molecule has 1 saturated heterocycles. The summed E-state index contributed by atoms with van der Waals surface area (Å²) in [6.45, 7) is 1.74. The zero-order valence-electron chi connectivity index (χ0n) is 25.0. The Hall–Kier alpha value is -4.79. The van der Waals surface area contributed by atoms with Gasteiger partial charge in [-0.05, 0) is 12.5 Å². The maximum absolute atomic E-state index is 13.4. The number of ketones is 1. The van der Waals surface area contributed by atoms with E-state index < -0.39 is 37.3 Å². The molecular formula is C30H30N7O8P. The van der Waals surface area contributed by atoms with Gasteiger partial charge in [0.25, 0.3) is 5.56 Å². The number of H-pyrrole nitrogens is 2. The number of aliphatic hydroxyl groups excluding tert-OH is 1. The van der Waals surface area contributed by atoms with Gasteiger partial charge in [-0.2, -0.15) is 5.10 Å². The Bertz CT molecular complexity index is 2040. The highest BCUT2D eigenvalue weighted by Crippen LogP contribution is 2.47. The number of carbonyl (C=O) groups is 1. The molecule has 16 heteroatoms. The lowest BCUT2D eigenvalue weighted by molar-refractivity contribution is -0.0302. The second-order valence-electron chi connectivity index (χ2n) is 10.7. The number of aromatic amines is 2. The molecule has 6 rings (SSSR count). The fraction of sp³-hybridized carbons (Fsp3) is 0.267. The Morgan fingerprint density at radius 3 is 2.46 bits per heavy atom. The van der Waals surface area contributed by atoms with Gasteiger partial charge in [-0.15, -0.1) is 5.10 Å². The molecule has 1 fully saturated rings. The van der Waals surface area contributed by atoms with Gasteiger partial charge >= 0.3 is 13.3 Å². The molecule has 0 amide bonds. The zero-order chi connectivity index (χ0) is 32.6. The third-order valence-electron chi connectivity index (χ3n) is 7.79. The summed E-state index contributed by atoms with van der Waals surface area (Å²) < 4.78 is 32.6. The Balaban J connectivity index is 1.24. The van der Waals surface area contributed by atoms with Crippen LogP contribution in [0.4, 0.5) is 0 Å². The highest BCUT2D eigenvalue weighted by molar-refractivity contribution is 7.62. The van der Waals surface area contributed by atoms with Gasteiger partial charge in [-0.25, -0.2) is 9.48 Å². The van der Waals surface area contributed by atoms with Crippen LogP contribution in [-0.4, -0.2) is 72.1 Å². The first-order chi connectivity index (χ1) is 22.1. The number of aliphatic hydroxyl groups is 1. The Labute approximate surface area is 261 Å². The third-order valence-corrected chi connectivity index (χ3v) is 9.62. The van der Waals surface area contributed by atoms with E-state index in [2.05, 4.69) is 25.5 Å². The molecule has 1 aliphatic rings. The normalized spacial score (nSPS) is 18.2. The van der Waals surface area contributed by atoms with Crippen molar-refractivity contribution in [2.75, 3.05) is 14.2 Å². The van der Waals surface area contributed by atoms with E-state index in [-0.39, 0.29) is 35.4 Å². The van der Waals surface area contributed by atoms with Crippen LogP contribution in [0.2, 0.25) is 0 Å². The van der Waals surface area contributed by atoms with Crippen LogP contribution in [0, 0.1) is 6.92 Å². The van der Waals surface area contributed by atoms with Crippen molar-refractivity contribution in [2.45, 2.75) is 38.3 Å². The van der Waals surface area contributed by atoms with Gasteiger partial charge in [-0.1, -0.05) is 59.8 Å². The Kier molecular flexibility index (Phi) is 8.51. The second-order valence-corrected chi connectivity index (χ2v) is 12.8. The van der Waals surface area contributed by atoms with Gasteiger partial charge < -0.3 is 18.9 Å². The minimum atomic E-state index is -3.83. The van der Waals surface area contributed by atoms with Gasteiger partial charge in [0.15, 0.2) is 5.44 Å². The van der Waals surface area contributed by atoms with Crippen molar-refractivity contribution < 1.29 is 28.3 Å². The molecule has 2 aromatic carbocycles. The third kappa shape index (κ3) is 5.82. The molecule has 0 aliphatic carbocycles. The fourth-order valence-electron chi connectivity index (χ4n) is 5.31. The highest BCUT2D eigenvalue weighted by Gasteiger charge is 2.37. The summed E-state index contributed by atoms with van der Waals surface area (Å²) in [7, 11) is -1.33. The predicted molar refractivity (Wildman–Crippen MR) is 165 cm³/mol. The fourth-order valence-corrected chi connectivity index (χ4v) is 6.51. The van der Waals surface area contributed by atoms with Crippen LogP contribution in [0.5, 0.6) is 0 Å². The van der Waals surface area contributed by atoms with Gasteiger partial charge in [0.1, 0.15) is 23.7 Å². The van der Waals surface area contributed by atoms with Gasteiger partial charge in [0, 0.05) is 49.1 Å². The van der Waals surface area contributed by atoms with Crippen molar-refractivity contribution >= 4 is 18.8 Å². The molecule has 0 bridgehead atoms. The zero-order valence-corrected chi connectivity index (χ0v) is 25.9. The number of rotatable bonds is 10. The van der Waals surface area contributed by atoms with Crippen LogP contribution in [0.15, 0.2) is 76.6 Å². The number of hydrogen-bond donors (Lipinski definition) is 3. The maximum atomic E-state index is 13.4. The topological polar surface area (TPSA) is 196 Å². The Morgan fingerprint density at radius 2 is 1.76 bits per heavy atom. The molecule has 0 spiro atoms. The number of benzene rings is 2. The van der Waals surface area contributed by atoms with Crippen molar-refractivity contribution in [1.82, 2.24) is 34.7 Å². The van der Waals surface area contributed by atoms with Gasteiger partial charge in [-0.3, -0.25) is 28.8 Å². The van der Waals surface area contributed by atoms with Crippen LogP contribution < -0.4 is 16.7 Å². The van der Waals surface area contributed by atoms with E-state index >= 15 is 0 Å². The molecule has 238 valence electrons. The first-order valence-electron chi connectivity index (χ1n) is 14.2. The minimum absolute atomic E-state index is 0.0446. The second kappa shape index (κ2) is 12.5. The van der Waals surface area contributed by atoms with Crippen molar-refractivity contribution in [3.8, 4) is 22.4 Å². The minimum Gasteiger partial charge on any atom is -0.390 e. The standard InChI is InChI=1S/C30H30N7O8P/c1-17-14-37(30(41)31-28(17)40)24-13-22(38)23(45-24)16-36-15-21(32-35-36)18-9-11-19(12-10-18)25-26(27(39)20-7-5-4-6-8-20)33-34-29(25)46(42,43-2)44-3/h4-12,14-15,22-24,38H,13,16H2,1-3H3,(H,33,34)(H,31,40,41)/t22-,23+,24+/m0/s1. The number of nitrogens with one attached hydrogen (secondary N) is 2. The van der Waals surface area contributed by atoms with Crippen LogP contribution in [0.3, 0.4) is 0 Å². The number of ether oxygens (including phenoxy) is 1. The monoisotopic (exact) mass is 647 g/mol. The lowest BCUT2D eigenvalue weighted by atomic mass is 9.99. The van der Waals surface area contributed by atoms with E-state index in [9.17, 15) is 24.1 Å². The van der Waals surface area contributed by atoms with Crippen LogP contribution in [-0.2, 0) is 24.9 Å². The average Bonchev–Trinajstić information content (AvgIpc) is 3.82. The largest absolute Gasteiger partial charge is 0.390 e. The molecule has 5 aromatic rings. The molecule has 3 aromatic heterocycles. The number of nitrogens with zero attached hydrogens (tertiary/aromatic N) is 5. The molecule has 0 radical (unpaired) electrons. The van der Waals surface area contributed by atoms with Crippen molar-refractivity contribution in [3.63, 3.8) is 0 Å². The molecule has 1 aliphatic heterocycles. The smallest absolute Gasteiger partial charge is 0.379 e. The molecule has 4 heterocycles. The summed E-state index contributed by atoms with van der Waals surface area (Å²) in [5.74, 6) is -0.372. The Morgan fingerprint density at radius 1 is 1.07 bits per heavy atom. The van der Waals surface area contributed by atoms with E-state index in [1.54, 1.807) is 67.7 Å². The molecule has 0 saturated carbocycles. The van der Waals surface area contributed by atoms with E-state index in [4.69, 9.17) is 13.8 Å². The molecule has 0 unspecified atom stereocenters. The summed E-state index contributed by atoms with van der Waals surface area (Å²) >= 11 is 0. The number of aryl methyl sites for hydroxylation is 1. The summed E-state index contributed by atoms with van der Waals surface area (Å²) in [5, 5.41) is 26.0. The number of aromatic nitrogens is 7. The quantitative estimate of drug-likeness (QED) is 0.148. The maximum Gasteiger partial charge on any atom is 0.379 e. The molecule has 15 nitrogen and oxygen atoms in total. The van der Waals surface area contributed by atoms with E-state index in [0.29, 0.717) is 27.9 Å². The van der Waals surface area contributed by atoms with E-state index in [1.807, 2.05) is 0 Å². The first kappa shape index (κ1) is 31.2.